The van der Waals surface area contributed by atoms with Crippen molar-refractivity contribution < 1.29 is 14.2 Å². The number of rotatable bonds is 10. The monoisotopic (exact) mass is 571 g/mol. The molecular weight excluding hydrogens is 548 g/mol. The van der Waals surface area contributed by atoms with Crippen molar-refractivity contribution >= 4 is 51.5 Å². The third kappa shape index (κ3) is 6.82. The molecule has 0 amide bonds. The van der Waals surface area contributed by atoms with Crippen molar-refractivity contribution in [1.29, 1.82) is 0 Å². The van der Waals surface area contributed by atoms with Crippen LogP contribution in [0.1, 0.15) is 25.0 Å². The summed E-state index contributed by atoms with van der Waals surface area (Å²) < 4.78 is 18.4. The second-order valence-corrected chi connectivity index (χ2v) is 8.68. The van der Waals surface area contributed by atoms with Crippen LogP contribution in [0.15, 0.2) is 54.6 Å². The highest BCUT2D eigenvalue weighted by atomic mass is 127. The van der Waals surface area contributed by atoms with Crippen LogP contribution in [0.5, 0.6) is 17.2 Å². The van der Waals surface area contributed by atoms with Gasteiger partial charge in [-0.05, 0) is 90.5 Å². The van der Waals surface area contributed by atoms with Crippen LogP contribution >= 0.6 is 45.8 Å². The van der Waals surface area contributed by atoms with Gasteiger partial charge in [0.05, 0.1) is 16.8 Å². The largest absolute Gasteiger partial charge is 0.494 e. The molecule has 0 aliphatic rings. The number of ether oxygens (including phenoxy) is 3. The van der Waals surface area contributed by atoms with E-state index in [2.05, 4.69) is 34.0 Å². The molecule has 1 N–H and O–H groups in total. The lowest BCUT2D eigenvalue weighted by Crippen LogP contribution is -2.05. The summed E-state index contributed by atoms with van der Waals surface area (Å²) in [5.41, 5.74) is 2.98. The van der Waals surface area contributed by atoms with Crippen molar-refractivity contribution in [3.63, 3.8) is 0 Å². The van der Waals surface area contributed by atoms with E-state index in [1.165, 1.54) is 0 Å². The average Bonchev–Trinajstić information content (AvgIpc) is 2.74. The zero-order chi connectivity index (χ0) is 22.2. The normalized spacial score (nSPS) is 10.6. The van der Waals surface area contributed by atoms with Crippen LogP contribution in [0.3, 0.4) is 0 Å². The van der Waals surface area contributed by atoms with Crippen molar-refractivity contribution in [2.75, 3.05) is 18.5 Å². The molecule has 0 aliphatic heterocycles. The van der Waals surface area contributed by atoms with Gasteiger partial charge in [-0.3, -0.25) is 0 Å². The number of anilines is 1. The molecule has 3 rings (SSSR count). The molecule has 0 aromatic heterocycles. The fourth-order valence-electron chi connectivity index (χ4n) is 2.95. The highest BCUT2D eigenvalue weighted by molar-refractivity contribution is 14.1. The summed E-state index contributed by atoms with van der Waals surface area (Å²) in [5, 5.41) is 4.61. The Bertz CT molecular complexity index is 1010. The summed E-state index contributed by atoms with van der Waals surface area (Å²) in [6.07, 6.45) is 0. The van der Waals surface area contributed by atoms with E-state index >= 15 is 0 Å². The van der Waals surface area contributed by atoms with Gasteiger partial charge < -0.3 is 19.5 Å². The van der Waals surface area contributed by atoms with Crippen molar-refractivity contribution in [3.8, 4) is 17.2 Å². The maximum Gasteiger partial charge on any atom is 0.174 e. The molecule has 0 bridgehead atoms. The molecule has 164 valence electrons. The highest BCUT2D eigenvalue weighted by Gasteiger charge is 2.14. The van der Waals surface area contributed by atoms with Gasteiger partial charge in [-0.2, -0.15) is 0 Å². The van der Waals surface area contributed by atoms with Gasteiger partial charge >= 0.3 is 0 Å². The minimum atomic E-state index is 0.329. The Morgan fingerprint density at radius 1 is 0.871 bits per heavy atom. The molecule has 0 saturated carbocycles. The number of nitrogens with one attached hydrogen (secondary N) is 1. The summed E-state index contributed by atoms with van der Waals surface area (Å²) in [5.74, 6) is 2.28. The predicted octanol–water partition coefficient (Wildman–Crippen LogP) is 7.59. The van der Waals surface area contributed by atoms with Crippen molar-refractivity contribution in [1.82, 2.24) is 0 Å². The van der Waals surface area contributed by atoms with Crippen LogP contribution in [0.2, 0.25) is 10.0 Å². The lowest BCUT2D eigenvalue weighted by Gasteiger charge is -2.16. The topological polar surface area (TPSA) is 39.7 Å². The lowest BCUT2D eigenvalue weighted by atomic mass is 10.2. The Morgan fingerprint density at radius 2 is 1.61 bits per heavy atom. The number of hydrogen-bond acceptors (Lipinski definition) is 4. The van der Waals surface area contributed by atoms with E-state index in [-0.39, 0.29) is 0 Å². The molecule has 0 radical (unpaired) electrons. The van der Waals surface area contributed by atoms with Crippen molar-refractivity contribution in [2.45, 2.75) is 27.0 Å². The fraction of sp³-hybridized carbons (Fsp3) is 0.250. The summed E-state index contributed by atoms with van der Waals surface area (Å²) in [4.78, 5) is 0. The standard InChI is InChI=1S/C24H24Cl2INO3/c1-3-29-20-9-7-19(8-10-20)28-14-16-11-22(27)24(23(12-16)30-4-2)31-15-17-5-6-18(25)13-21(17)26/h5-13,28H,3-4,14-15H2,1-2H3. The minimum absolute atomic E-state index is 0.329. The van der Waals surface area contributed by atoms with Gasteiger partial charge in [0.15, 0.2) is 11.5 Å². The molecule has 0 fully saturated rings. The van der Waals surface area contributed by atoms with Crippen LogP contribution in [0, 0.1) is 3.57 Å². The fourth-order valence-corrected chi connectivity index (χ4v) is 4.24. The first-order valence-electron chi connectivity index (χ1n) is 9.98. The zero-order valence-electron chi connectivity index (χ0n) is 17.4. The summed E-state index contributed by atoms with van der Waals surface area (Å²) in [7, 11) is 0. The molecule has 3 aromatic carbocycles. The third-order valence-electron chi connectivity index (χ3n) is 4.42. The number of halogens is 3. The van der Waals surface area contributed by atoms with E-state index in [9.17, 15) is 0 Å². The van der Waals surface area contributed by atoms with Gasteiger partial charge in [0.1, 0.15) is 12.4 Å². The molecule has 0 spiro atoms. The quantitative estimate of drug-likeness (QED) is 0.254. The van der Waals surface area contributed by atoms with Crippen molar-refractivity contribution in [3.05, 3.63) is 79.3 Å². The molecule has 31 heavy (non-hydrogen) atoms. The smallest absolute Gasteiger partial charge is 0.174 e. The SMILES string of the molecule is CCOc1ccc(NCc2cc(I)c(OCc3ccc(Cl)cc3Cl)c(OCC)c2)cc1. The Kier molecular flexibility index (Phi) is 8.99. The second-order valence-electron chi connectivity index (χ2n) is 6.67. The van der Waals surface area contributed by atoms with E-state index in [4.69, 9.17) is 37.4 Å². The van der Waals surface area contributed by atoms with Gasteiger partial charge in [-0.25, -0.2) is 0 Å². The molecule has 0 aliphatic carbocycles. The van der Waals surface area contributed by atoms with E-state index < -0.39 is 0 Å². The minimum Gasteiger partial charge on any atom is -0.494 e. The Morgan fingerprint density at radius 3 is 2.29 bits per heavy atom. The summed E-state index contributed by atoms with van der Waals surface area (Å²) in [6.45, 7) is 6.12. The van der Waals surface area contributed by atoms with E-state index in [0.29, 0.717) is 47.9 Å². The van der Waals surface area contributed by atoms with Crippen LogP contribution in [-0.2, 0) is 13.2 Å². The molecule has 7 heteroatoms. The molecular formula is C24H24Cl2INO3. The first-order valence-corrected chi connectivity index (χ1v) is 11.8. The Labute approximate surface area is 206 Å². The first-order chi connectivity index (χ1) is 15.0. The highest BCUT2D eigenvalue weighted by Crippen LogP contribution is 2.36. The van der Waals surface area contributed by atoms with Gasteiger partial charge in [0, 0.05) is 27.8 Å². The van der Waals surface area contributed by atoms with Gasteiger partial charge in [0.25, 0.3) is 0 Å². The maximum atomic E-state index is 6.27. The molecule has 0 saturated heterocycles. The third-order valence-corrected chi connectivity index (χ3v) is 5.81. The number of benzene rings is 3. The molecule has 3 aromatic rings. The predicted molar refractivity (Wildman–Crippen MR) is 136 cm³/mol. The van der Waals surface area contributed by atoms with Gasteiger partial charge in [0.2, 0.25) is 0 Å². The Balaban J connectivity index is 1.71. The summed E-state index contributed by atoms with van der Waals surface area (Å²) in [6, 6.07) is 17.4. The lowest BCUT2D eigenvalue weighted by molar-refractivity contribution is 0.267. The van der Waals surface area contributed by atoms with Gasteiger partial charge in [-0.1, -0.05) is 29.3 Å². The average molecular weight is 572 g/mol. The van der Waals surface area contributed by atoms with E-state index in [1.807, 2.05) is 50.2 Å². The van der Waals surface area contributed by atoms with E-state index in [1.54, 1.807) is 12.1 Å². The first kappa shape index (κ1) is 23.8. The van der Waals surface area contributed by atoms with Crippen LogP contribution in [0.25, 0.3) is 0 Å². The maximum absolute atomic E-state index is 6.27. The molecule has 0 unspecified atom stereocenters. The van der Waals surface area contributed by atoms with Crippen LogP contribution in [0.4, 0.5) is 5.69 Å². The Hall–Kier alpha value is -1.83. The van der Waals surface area contributed by atoms with Crippen molar-refractivity contribution in [2.24, 2.45) is 0 Å². The van der Waals surface area contributed by atoms with E-state index in [0.717, 1.165) is 26.1 Å². The van der Waals surface area contributed by atoms with Crippen LogP contribution in [-0.4, -0.2) is 13.2 Å². The van der Waals surface area contributed by atoms with Gasteiger partial charge in [-0.15, -0.1) is 0 Å². The molecule has 0 heterocycles. The summed E-state index contributed by atoms with van der Waals surface area (Å²) >= 11 is 14.5. The molecule has 4 nitrogen and oxygen atoms in total. The second kappa shape index (κ2) is 11.7. The number of hydrogen-bond donors (Lipinski definition) is 1. The zero-order valence-corrected chi connectivity index (χ0v) is 21.1. The van der Waals surface area contributed by atoms with Crippen LogP contribution < -0.4 is 19.5 Å². The molecule has 0 atom stereocenters.